The number of hydrogen-bond donors (Lipinski definition) is 1. The molecule has 0 aliphatic carbocycles. The Hall–Kier alpha value is -3.10. The van der Waals surface area contributed by atoms with Crippen molar-refractivity contribution in [1.29, 1.82) is 5.26 Å². The number of carbonyl (C=O) groups is 1. The molecule has 2 aromatic carbocycles. The Labute approximate surface area is 155 Å². The summed E-state index contributed by atoms with van der Waals surface area (Å²) in [4.78, 5) is 25.5. The zero-order valence-electron chi connectivity index (χ0n) is 14.3. The van der Waals surface area contributed by atoms with Gasteiger partial charge in [0.1, 0.15) is 5.56 Å². The molecular formula is C20H16ClN3O2. The maximum absolute atomic E-state index is 12.8. The van der Waals surface area contributed by atoms with E-state index in [2.05, 4.69) is 5.32 Å². The van der Waals surface area contributed by atoms with E-state index < -0.39 is 5.91 Å². The van der Waals surface area contributed by atoms with Crippen LogP contribution in [0.5, 0.6) is 0 Å². The molecule has 6 heteroatoms. The summed E-state index contributed by atoms with van der Waals surface area (Å²) in [6, 6.07) is 13.6. The zero-order valence-corrected chi connectivity index (χ0v) is 15.0. The Kier molecular flexibility index (Phi) is 4.79. The van der Waals surface area contributed by atoms with E-state index in [0.29, 0.717) is 21.7 Å². The Morgan fingerprint density at radius 3 is 2.50 bits per heavy atom. The number of nitrogens with one attached hydrogen (secondary N) is 1. The number of anilines is 1. The summed E-state index contributed by atoms with van der Waals surface area (Å²) >= 11 is 6.04. The van der Waals surface area contributed by atoms with Crippen molar-refractivity contribution in [2.45, 2.75) is 19.9 Å². The van der Waals surface area contributed by atoms with Crippen LogP contribution in [0.1, 0.15) is 35.8 Å². The number of halogens is 1. The van der Waals surface area contributed by atoms with Crippen LogP contribution in [0.15, 0.2) is 53.5 Å². The van der Waals surface area contributed by atoms with Gasteiger partial charge < -0.3 is 9.88 Å². The number of nitrogens with zero attached hydrogens (tertiary/aromatic N) is 2. The van der Waals surface area contributed by atoms with Gasteiger partial charge in [0.2, 0.25) is 5.43 Å². The van der Waals surface area contributed by atoms with Crippen molar-refractivity contribution in [2.24, 2.45) is 0 Å². The summed E-state index contributed by atoms with van der Waals surface area (Å²) in [5.41, 5.74) is 1.40. The average molecular weight is 366 g/mol. The van der Waals surface area contributed by atoms with Gasteiger partial charge in [-0.25, -0.2) is 0 Å². The number of rotatable bonds is 3. The van der Waals surface area contributed by atoms with Gasteiger partial charge in [0.05, 0.1) is 17.1 Å². The second-order valence-electron chi connectivity index (χ2n) is 6.18. The SMILES string of the molecule is CC(C)n1cc(C(=O)Nc2ccc(C#N)cc2)c(=O)c2cc(Cl)ccc21. The second-order valence-corrected chi connectivity index (χ2v) is 6.61. The molecule has 3 rings (SSSR count). The number of pyridine rings is 1. The molecule has 1 N–H and O–H groups in total. The first-order valence-electron chi connectivity index (χ1n) is 8.06. The third-order valence-corrected chi connectivity index (χ3v) is 4.30. The lowest BCUT2D eigenvalue weighted by Crippen LogP contribution is -2.24. The fourth-order valence-electron chi connectivity index (χ4n) is 2.74. The van der Waals surface area contributed by atoms with Crippen molar-refractivity contribution in [3.63, 3.8) is 0 Å². The number of nitriles is 1. The molecule has 0 fully saturated rings. The maximum Gasteiger partial charge on any atom is 0.261 e. The van der Waals surface area contributed by atoms with Gasteiger partial charge in [-0.3, -0.25) is 9.59 Å². The molecule has 0 atom stereocenters. The molecule has 26 heavy (non-hydrogen) atoms. The van der Waals surface area contributed by atoms with Crippen molar-refractivity contribution in [2.75, 3.05) is 5.32 Å². The first kappa shape index (κ1) is 17.7. The van der Waals surface area contributed by atoms with E-state index in [4.69, 9.17) is 16.9 Å². The molecule has 130 valence electrons. The van der Waals surface area contributed by atoms with E-state index in [1.54, 1.807) is 48.7 Å². The Morgan fingerprint density at radius 1 is 1.19 bits per heavy atom. The zero-order chi connectivity index (χ0) is 18.8. The Morgan fingerprint density at radius 2 is 1.88 bits per heavy atom. The minimum Gasteiger partial charge on any atom is -0.344 e. The molecule has 0 spiro atoms. The Bertz CT molecular complexity index is 1090. The van der Waals surface area contributed by atoms with Gasteiger partial charge in [-0.05, 0) is 56.3 Å². The normalized spacial score (nSPS) is 10.7. The summed E-state index contributed by atoms with van der Waals surface area (Å²) < 4.78 is 1.88. The van der Waals surface area contributed by atoms with Crippen LogP contribution in [0.3, 0.4) is 0 Å². The largest absolute Gasteiger partial charge is 0.344 e. The molecule has 0 aliphatic heterocycles. The first-order valence-corrected chi connectivity index (χ1v) is 8.44. The number of fused-ring (bicyclic) bond motifs is 1. The van der Waals surface area contributed by atoms with Crippen molar-refractivity contribution in [1.82, 2.24) is 4.57 Å². The van der Waals surface area contributed by atoms with Gasteiger partial charge in [0.25, 0.3) is 5.91 Å². The van der Waals surface area contributed by atoms with E-state index in [9.17, 15) is 9.59 Å². The highest BCUT2D eigenvalue weighted by Crippen LogP contribution is 2.21. The van der Waals surface area contributed by atoms with E-state index in [1.165, 1.54) is 0 Å². The summed E-state index contributed by atoms with van der Waals surface area (Å²) in [7, 11) is 0. The van der Waals surface area contributed by atoms with Crippen molar-refractivity contribution >= 4 is 34.1 Å². The topological polar surface area (TPSA) is 74.9 Å². The van der Waals surface area contributed by atoms with Crippen molar-refractivity contribution in [3.8, 4) is 6.07 Å². The molecule has 1 heterocycles. The molecule has 0 aliphatic rings. The van der Waals surface area contributed by atoms with Crippen LogP contribution in [0.25, 0.3) is 10.9 Å². The Balaban J connectivity index is 2.08. The predicted octanol–water partition coefficient (Wildman–Crippen LogP) is 4.36. The number of benzene rings is 2. The smallest absolute Gasteiger partial charge is 0.261 e. The lowest BCUT2D eigenvalue weighted by atomic mass is 10.1. The van der Waals surface area contributed by atoms with E-state index in [-0.39, 0.29) is 17.0 Å². The third-order valence-electron chi connectivity index (χ3n) is 4.07. The lowest BCUT2D eigenvalue weighted by Gasteiger charge is -2.17. The van der Waals surface area contributed by atoms with Gasteiger partial charge in [-0.15, -0.1) is 0 Å². The molecule has 1 amide bonds. The monoisotopic (exact) mass is 365 g/mol. The van der Waals surface area contributed by atoms with E-state index in [0.717, 1.165) is 5.52 Å². The molecule has 0 radical (unpaired) electrons. The number of hydrogen-bond acceptors (Lipinski definition) is 3. The fourth-order valence-corrected chi connectivity index (χ4v) is 2.92. The quantitative estimate of drug-likeness (QED) is 0.749. The van der Waals surface area contributed by atoms with Gasteiger partial charge in [-0.1, -0.05) is 11.6 Å². The van der Waals surface area contributed by atoms with Crippen LogP contribution < -0.4 is 10.7 Å². The van der Waals surface area contributed by atoms with Crippen molar-refractivity contribution < 1.29 is 4.79 Å². The summed E-state index contributed by atoms with van der Waals surface area (Å²) in [6.45, 7) is 3.95. The number of carbonyl (C=O) groups excluding carboxylic acids is 1. The summed E-state index contributed by atoms with van der Waals surface area (Å²) in [6.07, 6.45) is 1.57. The highest BCUT2D eigenvalue weighted by Gasteiger charge is 2.17. The van der Waals surface area contributed by atoms with Crippen LogP contribution in [-0.2, 0) is 0 Å². The van der Waals surface area contributed by atoms with Crippen LogP contribution in [-0.4, -0.2) is 10.5 Å². The highest BCUT2D eigenvalue weighted by atomic mass is 35.5. The maximum atomic E-state index is 12.8. The average Bonchev–Trinajstić information content (AvgIpc) is 2.62. The molecule has 0 saturated heterocycles. The molecule has 5 nitrogen and oxygen atoms in total. The van der Waals surface area contributed by atoms with E-state index in [1.807, 2.05) is 24.5 Å². The lowest BCUT2D eigenvalue weighted by molar-refractivity contribution is 0.102. The first-order chi connectivity index (χ1) is 12.4. The summed E-state index contributed by atoms with van der Waals surface area (Å²) in [5.74, 6) is -0.504. The fraction of sp³-hybridized carbons (Fsp3) is 0.150. The molecule has 0 bridgehead atoms. The van der Waals surface area contributed by atoms with E-state index >= 15 is 0 Å². The van der Waals surface area contributed by atoms with Gasteiger partial charge in [0, 0.05) is 28.3 Å². The number of amides is 1. The second kappa shape index (κ2) is 7.03. The molecular weight excluding hydrogens is 350 g/mol. The number of aromatic nitrogens is 1. The minimum atomic E-state index is -0.504. The predicted molar refractivity (Wildman–Crippen MR) is 103 cm³/mol. The van der Waals surface area contributed by atoms with Crippen LogP contribution in [0.2, 0.25) is 5.02 Å². The van der Waals surface area contributed by atoms with Crippen LogP contribution >= 0.6 is 11.6 Å². The van der Waals surface area contributed by atoms with Gasteiger partial charge >= 0.3 is 0 Å². The molecule has 1 aromatic heterocycles. The highest BCUT2D eigenvalue weighted by molar-refractivity contribution is 6.31. The molecule has 3 aromatic rings. The van der Waals surface area contributed by atoms with Crippen LogP contribution in [0.4, 0.5) is 5.69 Å². The minimum absolute atomic E-state index is 0.0397. The van der Waals surface area contributed by atoms with Crippen molar-refractivity contribution in [3.05, 3.63) is 75.0 Å². The standard InChI is InChI=1S/C20H16ClN3O2/c1-12(2)24-11-17(19(25)16-9-14(21)5-8-18(16)24)20(26)23-15-6-3-13(10-22)4-7-15/h3-9,11-12H,1-2H3,(H,23,26). The third kappa shape index (κ3) is 3.32. The summed E-state index contributed by atoms with van der Waals surface area (Å²) in [5, 5.41) is 12.4. The van der Waals surface area contributed by atoms with Gasteiger partial charge in [-0.2, -0.15) is 5.26 Å². The van der Waals surface area contributed by atoms with Crippen LogP contribution in [0, 0.1) is 11.3 Å². The molecule has 0 saturated carbocycles. The molecule has 0 unspecified atom stereocenters. The van der Waals surface area contributed by atoms with Gasteiger partial charge in [0.15, 0.2) is 0 Å².